The Morgan fingerprint density at radius 2 is 2.06 bits per heavy atom. The Balaban J connectivity index is 2.66. The van der Waals surface area contributed by atoms with Crippen LogP contribution < -0.4 is 10.1 Å². The third kappa shape index (κ3) is 5.08. The fourth-order valence-electron chi connectivity index (χ4n) is 1.46. The summed E-state index contributed by atoms with van der Waals surface area (Å²) in [5, 5.41) is 3.18. The van der Waals surface area contributed by atoms with Crippen molar-refractivity contribution in [2.45, 2.75) is 26.1 Å². The number of hydrogen-bond acceptors (Lipinski definition) is 2. The summed E-state index contributed by atoms with van der Waals surface area (Å²) in [6, 6.07) is 6.78. The maximum Gasteiger partial charge on any atom is 0.422 e. The molecule has 5 heteroatoms. The van der Waals surface area contributed by atoms with Crippen molar-refractivity contribution < 1.29 is 17.9 Å². The normalized spacial score (nSPS) is 13.5. The summed E-state index contributed by atoms with van der Waals surface area (Å²) in [5.41, 5.74) is 0.909. The largest absolute Gasteiger partial charge is 0.484 e. The first-order valence-corrected chi connectivity index (χ1v) is 5.45. The molecule has 1 atom stereocenters. The van der Waals surface area contributed by atoms with Crippen molar-refractivity contribution in [1.29, 1.82) is 0 Å². The molecule has 0 spiro atoms. The molecule has 0 saturated heterocycles. The van der Waals surface area contributed by atoms with Crippen LogP contribution in [0.1, 0.15) is 25.5 Å². The maximum atomic E-state index is 12.0. The second-order valence-electron chi connectivity index (χ2n) is 3.76. The highest BCUT2D eigenvalue weighted by Crippen LogP contribution is 2.21. The molecule has 0 bridgehead atoms. The summed E-state index contributed by atoms with van der Waals surface area (Å²) < 4.78 is 40.6. The Morgan fingerprint density at radius 1 is 1.35 bits per heavy atom. The fourth-order valence-corrected chi connectivity index (χ4v) is 1.46. The molecule has 0 fully saturated rings. The summed E-state index contributed by atoms with van der Waals surface area (Å²) >= 11 is 0. The van der Waals surface area contributed by atoms with Gasteiger partial charge in [0, 0.05) is 6.04 Å². The average molecular weight is 247 g/mol. The van der Waals surface area contributed by atoms with Gasteiger partial charge in [-0.15, -0.1) is 0 Å². The molecular formula is C12H16F3NO. The molecule has 1 unspecified atom stereocenters. The highest BCUT2D eigenvalue weighted by atomic mass is 19.4. The molecule has 1 aromatic rings. The zero-order valence-electron chi connectivity index (χ0n) is 9.84. The number of nitrogens with one attached hydrogen (secondary N) is 1. The molecule has 0 saturated carbocycles. The van der Waals surface area contributed by atoms with Crippen LogP contribution in [0.3, 0.4) is 0 Å². The second-order valence-corrected chi connectivity index (χ2v) is 3.76. The van der Waals surface area contributed by atoms with Crippen molar-refractivity contribution >= 4 is 0 Å². The maximum absolute atomic E-state index is 12.0. The third-order valence-electron chi connectivity index (χ3n) is 2.27. The van der Waals surface area contributed by atoms with Crippen LogP contribution in [-0.4, -0.2) is 19.3 Å². The highest BCUT2D eigenvalue weighted by molar-refractivity contribution is 5.30. The molecule has 1 rings (SSSR count). The number of alkyl halides is 3. The zero-order valence-corrected chi connectivity index (χ0v) is 9.84. The van der Waals surface area contributed by atoms with E-state index >= 15 is 0 Å². The lowest BCUT2D eigenvalue weighted by atomic mass is 10.1. The molecule has 17 heavy (non-hydrogen) atoms. The van der Waals surface area contributed by atoms with Gasteiger partial charge >= 0.3 is 6.18 Å². The van der Waals surface area contributed by atoms with Gasteiger partial charge in [0.25, 0.3) is 0 Å². The highest BCUT2D eigenvalue weighted by Gasteiger charge is 2.28. The summed E-state index contributed by atoms with van der Waals surface area (Å²) in [6.07, 6.45) is -4.30. The predicted octanol–water partition coefficient (Wildman–Crippen LogP) is 3.30. The average Bonchev–Trinajstić information content (AvgIpc) is 2.26. The van der Waals surface area contributed by atoms with Gasteiger partial charge in [-0.1, -0.05) is 19.1 Å². The Labute approximate surface area is 98.8 Å². The van der Waals surface area contributed by atoms with Crippen molar-refractivity contribution in [2.75, 3.05) is 13.2 Å². The van der Waals surface area contributed by atoms with E-state index in [2.05, 4.69) is 10.1 Å². The van der Waals surface area contributed by atoms with Gasteiger partial charge in [0.15, 0.2) is 6.61 Å². The molecule has 0 amide bonds. The first-order chi connectivity index (χ1) is 7.92. The molecule has 96 valence electrons. The number of ether oxygens (including phenoxy) is 1. The molecule has 0 aliphatic heterocycles. The number of benzene rings is 1. The zero-order chi connectivity index (χ0) is 12.9. The molecule has 0 heterocycles. The van der Waals surface area contributed by atoms with Crippen LogP contribution >= 0.6 is 0 Å². The minimum Gasteiger partial charge on any atom is -0.484 e. The smallest absolute Gasteiger partial charge is 0.422 e. The molecular weight excluding hydrogens is 231 g/mol. The van der Waals surface area contributed by atoms with Crippen LogP contribution in [0.15, 0.2) is 24.3 Å². The first kappa shape index (κ1) is 13.8. The van der Waals surface area contributed by atoms with Crippen LogP contribution in [-0.2, 0) is 0 Å². The number of hydrogen-bond donors (Lipinski definition) is 1. The molecule has 0 radical (unpaired) electrons. The van der Waals surface area contributed by atoms with E-state index in [1.807, 2.05) is 19.9 Å². The van der Waals surface area contributed by atoms with Crippen LogP contribution in [0.2, 0.25) is 0 Å². The van der Waals surface area contributed by atoms with Crippen molar-refractivity contribution in [3.05, 3.63) is 29.8 Å². The fraction of sp³-hybridized carbons (Fsp3) is 0.500. The summed E-state index contributed by atoms with van der Waals surface area (Å²) in [6.45, 7) is 3.47. The predicted molar refractivity (Wildman–Crippen MR) is 60.1 cm³/mol. The number of halogens is 3. The molecule has 1 aromatic carbocycles. The Kier molecular flexibility index (Phi) is 4.81. The molecule has 1 N–H and O–H groups in total. The van der Waals surface area contributed by atoms with E-state index in [1.54, 1.807) is 12.1 Å². The lowest BCUT2D eigenvalue weighted by Gasteiger charge is -2.14. The quantitative estimate of drug-likeness (QED) is 0.862. The topological polar surface area (TPSA) is 21.3 Å². The summed E-state index contributed by atoms with van der Waals surface area (Å²) in [7, 11) is 0. The van der Waals surface area contributed by atoms with Crippen LogP contribution in [0, 0.1) is 0 Å². The first-order valence-electron chi connectivity index (χ1n) is 5.45. The van der Waals surface area contributed by atoms with Crippen LogP contribution in [0.4, 0.5) is 13.2 Å². The van der Waals surface area contributed by atoms with Gasteiger partial charge < -0.3 is 10.1 Å². The Hall–Kier alpha value is -1.23. The second kappa shape index (κ2) is 5.91. The van der Waals surface area contributed by atoms with Crippen LogP contribution in [0.25, 0.3) is 0 Å². The van der Waals surface area contributed by atoms with E-state index in [0.717, 1.165) is 12.1 Å². The standard InChI is InChI=1S/C12H16F3NO/c1-3-16-9(2)10-5-4-6-11(7-10)17-8-12(13,14)15/h4-7,9,16H,3,8H2,1-2H3. The minimum atomic E-state index is -4.30. The van der Waals surface area contributed by atoms with E-state index in [1.165, 1.54) is 6.07 Å². The minimum absolute atomic E-state index is 0.0921. The molecule has 0 aliphatic carbocycles. The Morgan fingerprint density at radius 3 is 2.65 bits per heavy atom. The van der Waals surface area contributed by atoms with Gasteiger partial charge in [-0.05, 0) is 31.2 Å². The van der Waals surface area contributed by atoms with Gasteiger partial charge in [0.05, 0.1) is 0 Å². The lowest BCUT2D eigenvalue weighted by molar-refractivity contribution is -0.153. The van der Waals surface area contributed by atoms with E-state index in [-0.39, 0.29) is 11.8 Å². The SMILES string of the molecule is CCNC(C)c1cccc(OCC(F)(F)F)c1. The van der Waals surface area contributed by atoms with E-state index in [4.69, 9.17) is 0 Å². The van der Waals surface area contributed by atoms with Crippen molar-refractivity contribution in [1.82, 2.24) is 5.32 Å². The van der Waals surface area contributed by atoms with Gasteiger partial charge in [-0.3, -0.25) is 0 Å². The van der Waals surface area contributed by atoms with E-state index in [0.29, 0.717) is 0 Å². The van der Waals surface area contributed by atoms with Crippen molar-refractivity contribution in [3.63, 3.8) is 0 Å². The lowest BCUT2D eigenvalue weighted by Crippen LogP contribution is -2.20. The molecule has 2 nitrogen and oxygen atoms in total. The van der Waals surface area contributed by atoms with Gasteiger partial charge in [-0.2, -0.15) is 13.2 Å². The molecule has 0 aliphatic rings. The number of rotatable bonds is 5. The van der Waals surface area contributed by atoms with Crippen molar-refractivity contribution in [2.24, 2.45) is 0 Å². The van der Waals surface area contributed by atoms with Gasteiger partial charge in [0.2, 0.25) is 0 Å². The van der Waals surface area contributed by atoms with E-state index in [9.17, 15) is 13.2 Å². The molecule has 0 aromatic heterocycles. The monoisotopic (exact) mass is 247 g/mol. The summed E-state index contributed by atoms with van der Waals surface area (Å²) in [4.78, 5) is 0. The van der Waals surface area contributed by atoms with Gasteiger partial charge in [-0.25, -0.2) is 0 Å². The van der Waals surface area contributed by atoms with Crippen molar-refractivity contribution in [3.8, 4) is 5.75 Å². The van der Waals surface area contributed by atoms with E-state index < -0.39 is 12.8 Å². The third-order valence-corrected chi connectivity index (χ3v) is 2.27. The summed E-state index contributed by atoms with van der Waals surface area (Å²) in [5.74, 6) is 0.240. The van der Waals surface area contributed by atoms with Gasteiger partial charge in [0.1, 0.15) is 5.75 Å². The Bertz CT molecular complexity index is 352. The van der Waals surface area contributed by atoms with Crippen LogP contribution in [0.5, 0.6) is 5.75 Å².